The van der Waals surface area contributed by atoms with E-state index in [1.54, 1.807) is 6.20 Å². The van der Waals surface area contributed by atoms with Gasteiger partial charge in [0.15, 0.2) is 6.20 Å². The molecule has 1 aromatic heterocycles. The summed E-state index contributed by atoms with van der Waals surface area (Å²) in [5.41, 5.74) is 2.02. The van der Waals surface area contributed by atoms with E-state index in [1.807, 2.05) is 41.1 Å². The van der Waals surface area contributed by atoms with Crippen LogP contribution < -0.4 is 9.88 Å². The molecule has 3 nitrogen and oxygen atoms in total. The van der Waals surface area contributed by atoms with Gasteiger partial charge in [-0.1, -0.05) is 6.07 Å². The summed E-state index contributed by atoms with van der Waals surface area (Å²) in [6.07, 6.45) is 3.58. The number of aromatic nitrogens is 1. The first kappa shape index (κ1) is 7.38. The van der Waals surface area contributed by atoms with Gasteiger partial charge in [0.05, 0.1) is 0 Å². The minimum Gasteiger partial charge on any atom is -0.490 e. The number of anilines is 1. The van der Waals surface area contributed by atoms with Gasteiger partial charge >= 0.3 is 0 Å². The predicted molar refractivity (Wildman–Crippen MR) is 54.7 cm³/mol. The quantitative estimate of drug-likeness (QED) is 0.614. The van der Waals surface area contributed by atoms with Crippen molar-refractivity contribution < 1.29 is 9.67 Å². The van der Waals surface area contributed by atoms with Gasteiger partial charge in [0.25, 0.3) is 5.88 Å². The average molecular weight is 185 g/mol. The molecule has 68 valence electrons. The molecule has 2 heterocycles. The van der Waals surface area contributed by atoms with Crippen LogP contribution in [-0.2, 0) is 0 Å². The number of hydrogen-bond acceptors (Lipinski definition) is 2. The Morgan fingerprint density at radius 3 is 2.93 bits per heavy atom. The summed E-state index contributed by atoms with van der Waals surface area (Å²) in [4.78, 5) is 0. The summed E-state index contributed by atoms with van der Waals surface area (Å²) in [6, 6.07) is 9.97. The summed E-state index contributed by atoms with van der Waals surface area (Å²) in [6.45, 7) is 0. The number of pyridine rings is 1. The molecule has 1 aliphatic rings. The van der Waals surface area contributed by atoms with E-state index in [9.17, 15) is 5.11 Å². The van der Waals surface area contributed by atoms with E-state index in [2.05, 4.69) is 5.32 Å². The van der Waals surface area contributed by atoms with E-state index >= 15 is 0 Å². The van der Waals surface area contributed by atoms with Crippen LogP contribution in [0.3, 0.4) is 0 Å². The highest BCUT2D eigenvalue weighted by atomic mass is 16.3. The van der Waals surface area contributed by atoms with Crippen molar-refractivity contribution in [2.24, 2.45) is 0 Å². The second-order valence-electron chi connectivity index (χ2n) is 3.30. The Hall–Kier alpha value is -2.03. The molecule has 0 radical (unpaired) electrons. The molecule has 3 heteroatoms. The SMILES string of the molecule is OC1=C[n+]2cccc3cccc(c32)N1. The van der Waals surface area contributed by atoms with Crippen molar-refractivity contribution in [2.75, 3.05) is 5.32 Å². The molecule has 0 saturated heterocycles. The first-order valence-corrected chi connectivity index (χ1v) is 4.45. The molecular weight excluding hydrogens is 176 g/mol. The van der Waals surface area contributed by atoms with Crippen LogP contribution in [-0.4, -0.2) is 5.11 Å². The molecule has 0 spiro atoms. The zero-order valence-electron chi connectivity index (χ0n) is 7.44. The Bertz CT molecular complexity index is 541. The van der Waals surface area contributed by atoms with Crippen LogP contribution in [0, 0.1) is 0 Å². The average Bonchev–Trinajstić information content (AvgIpc) is 2.18. The maximum Gasteiger partial charge on any atom is 0.255 e. The Kier molecular flexibility index (Phi) is 1.31. The molecular formula is C11H9N2O+. The van der Waals surface area contributed by atoms with Gasteiger partial charge < -0.3 is 10.4 Å². The van der Waals surface area contributed by atoms with Crippen LogP contribution in [0.1, 0.15) is 0 Å². The second kappa shape index (κ2) is 2.48. The number of aliphatic hydroxyl groups is 1. The highest BCUT2D eigenvalue weighted by Crippen LogP contribution is 2.22. The number of aliphatic hydroxyl groups excluding tert-OH is 1. The number of nitrogens with zero attached hydrogens (tertiary/aromatic N) is 1. The summed E-state index contributed by atoms with van der Waals surface area (Å²) in [7, 11) is 0. The normalized spacial score (nSPS) is 13.6. The van der Waals surface area contributed by atoms with Crippen molar-refractivity contribution in [3.05, 3.63) is 42.4 Å². The third kappa shape index (κ3) is 0.893. The predicted octanol–water partition coefficient (Wildman–Crippen LogP) is 1.87. The van der Waals surface area contributed by atoms with Gasteiger partial charge in [0.2, 0.25) is 11.7 Å². The lowest BCUT2D eigenvalue weighted by molar-refractivity contribution is -0.540. The third-order valence-electron chi connectivity index (χ3n) is 2.37. The van der Waals surface area contributed by atoms with Gasteiger partial charge in [0.1, 0.15) is 5.69 Å². The summed E-state index contributed by atoms with van der Waals surface area (Å²) < 4.78 is 1.91. The molecule has 0 aliphatic carbocycles. The largest absolute Gasteiger partial charge is 0.490 e. The Morgan fingerprint density at radius 1 is 1.14 bits per heavy atom. The van der Waals surface area contributed by atoms with Crippen molar-refractivity contribution in [3.8, 4) is 0 Å². The maximum atomic E-state index is 9.44. The molecule has 14 heavy (non-hydrogen) atoms. The van der Waals surface area contributed by atoms with E-state index in [-0.39, 0.29) is 5.88 Å². The number of para-hydroxylation sites is 1. The molecule has 1 aromatic carbocycles. The molecule has 0 fully saturated rings. The van der Waals surface area contributed by atoms with Crippen LogP contribution >= 0.6 is 0 Å². The van der Waals surface area contributed by atoms with E-state index in [1.165, 1.54) is 0 Å². The Morgan fingerprint density at radius 2 is 2.00 bits per heavy atom. The number of benzene rings is 1. The van der Waals surface area contributed by atoms with Crippen LogP contribution in [0.25, 0.3) is 17.1 Å². The monoisotopic (exact) mass is 185 g/mol. The first-order valence-electron chi connectivity index (χ1n) is 4.45. The van der Waals surface area contributed by atoms with Crippen molar-refractivity contribution in [3.63, 3.8) is 0 Å². The number of rotatable bonds is 0. The van der Waals surface area contributed by atoms with Crippen LogP contribution in [0.4, 0.5) is 5.69 Å². The van der Waals surface area contributed by atoms with E-state index in [4.69, 9.17) is 0 Å². The van der Waals surface area contributed by atoms with Crippen molar-refractivity contribution in [1.82, 2.24) is 0 Å². The fraction of sp³-hybridized carbons (Fsp3) is 0. The van der Waals surface area contributed by atoms with Crippen LogP contribution in [0.2, 0.25) is 0 Å². The van der Waals surface area contributed by atoms with Crippen molar-refractivity contribution >= 4 is 22.8 Å². The van der Waals surface area contributed by atoms with Gasteiger partial charge in [-0.05, 0) is 18.2 Å². The fourth-order valence-corrected chi connectivity index (χ4v) is 1.81. The van der Waals surface area contributed by atoms with E-state index < -0.39 is 0 Å². The molecule has 0 atom stereocenters. The van der Waals surface area contributed by atoms with Gasteiger partial charge in [-0.3, -0.25) is 0 Å². The smallest absolute Gasteiger partial charge is 0.255 e. The lowest BCUT2D eigenvalue weighted by Crippen LogP contribution is -2.31. The molecule has 0 bridgehead atoms. The minimum atomic E-state index is 0.168. The highest BCUT2D eigenvalue weighted by Gasteiger charge is 2.18. The van der Waals surface area contributed by atoms with Gasteiger partial charge in [-0.2, -0.15) is 4.57 Å². The van der Waals surface area contributed by atoms with Gasteiger partial charge in [0, 0.05) is 11.5 Å². The zero-order valence-corrected chi connectivity index (χ0v) is 7.44. The Labute approximate surface area is 80.9 Å². The number of nitrogens with one attached hydrogen (secondary N) is 1. The van der Waals surface area contributed by atoms with E-state index in [0.29, 0.717) is 0 Å². The number of hydrogen-bond donors (Lipinski definition) is 2. The molecule has 0 saturated carbocycles. The molecule has 3 rings (SSSR count). The Balaban J connectivity index is 2.50. The third-order valence-corrected chi connectivity index (χ3v) is 2.37. The maximum absolute atomic E-state index is 9.44. The van der Waals surface area contributed by atoms with E-state index in [0.717, 1.165) is 16.6 Å². The molecule has 2 N–H and O–H groups in total. The topological polar surface area (TPSA) is 36.1 Å². The highest BCUT2D eigenvalue weighted by molar-refractivity contribution is 5.89. The van der Waals surface area contributed by atoms with Gasteiger partial charge in [-0.15, -0.1) is 0 Å². The first-order chi connectivity index (χ1) is 6.84. The lowest BCUT2D eigenvalue weighted by atomic mass is 10.1. The summed E-state index contributed by atoms with van der Waals surface area (Å²) in [5.74, 6) is 0.168. The lowest BCUT2D eigenvalue weighted by Gasteiger charge is -2.10. The molecule has 0 unspecified atom stereocenters. The standard InChI is InChI=1S/C11H8N2O/c14-10-7-13-6-2-4-8-3-1-5-9(12-10)11(8)13/h1-7,12H/p+1. The summed E-state index contributed by atoms with van der Waals surface area (Å²) in [5, 5.41) is 13.5. The summed E-state index contributed by atoms with van der Waals surface area (Å²) >= 11 is 0. The van der Waals surface area contributed by atoms with Crippen molar-refractivity contribution in [1.29, 1.82) is 0 Å². The zero-order chi connectivity index (χ0) is 9.54. The van der Waals surface area contributed by atoms with Crippen molar-refractivity contribution in [2.45, 2.75) is 0 Å². The molecule has 2 aromatic rings. The fourth-order valence-electron chi connectivity index (χ4n) is 1.81. The van der Waals surface area contributed by atoms with Crippen LogP contribution in [0.15, 0.2) is 42.4 Å². The van der Waals surface area contributed by atoms with Crippen LogP contribution in [0.5, 0.6) is 0 Å². The second-order valence-corrected chi connectivity index (χ2v) is 3.30. The van der Waals surface area contributed by atoms with Gasteiger partial charge in [-0.25, -0.2) is 0 Å². The molecule has 0 amide bonds. The molecule has 1 aliphatic heterocycles. The minimum absolute atomic E-state index is 0.168.